The molecule has 0 atom stereocenters. The van der Waals surface area contributed by atoms with Gasteiger partial charge in [0.1, 0.15) is 19.0 Å². The fourth-order valence-corrected chi connectivity index (χ4v) is 4.07. The molecule has 0 unspecified atom stereocenters. The molecule has 116 valence electrons. The summed E-state index contributed by atoms with van der Waals surface area (Å²) in [4.78, 5) is 0. The van der Waals surface area contributed by atoms with Gasteiger partial charge < -0.3 is 14.0 Å². The summed E-state index contributed by atoms with van der Waals surface area (Å²) in [5.74, 6) is 4.17. The van der Waals surface area contributed by atoms with Crippen molar-refractivity contribution in [1.82, 2.24) is 14.8 Å². The van der Waals surface area contributed by atoms with E-state index in [1.165, 1.54) is 18.4 Å². The summed E-state index contributed by atoms with van der Waals surface area (Å²) in [5.41, 5.74) is 1.17. The van der Waals surface area contributed by atoms with Gasteiger partial charge in [-0.1, -0.05) is 27.7 Å². The van der Waals surface area contributed by atoms with Crippen LogP contribution in [0.1, 0.15) is 30.1 Å². The van der Waals surface area contributed by atoms with E-state index in [4.69, 9.17) is 9.47 Å². The third kappa shape index (κ3) is 2.72. The maximum Gasteiger partial charge on any atom is 0.191 e. The normalized spacial score (nSPS) is 16.8. The van der Waals surface area contributed by atoms with Crippen molar-refractivity contribution in [2.24, 2.45) is 7.05 Å². The Labute approximate surface area is 141 Å². The molecule has 0 spiro atoms. The molecular formula is C15H16BrN3O2S. The van der Waals surface area contributed by atoms with Gasteiger partial charge in [0, 0.05) is 23.2 Å². The first-order valence-corrected chi connectivity index (χ1v) is 9.10. The Balaban J connectivity index is 1.51. The van der Waals surface area contributed by atoms with Gasteiger partial charge in [0.2, 0.25) is 0 Å². The van der Waals surface area contributed by atoms with E-state index in [1.807, 2.05) is 12.1 Å². The van der Waals surface area contributed by atoms with E-state index >= 15 is 0 Å². The zero-order valence-electron chi connectivity index (χ0n) is 12.2. The highest BCUT2D eigenvalue weighted by Gasteiger charge is 2.29. The fraction of sp³-hybridized carbons (Fsp3) is 0.467. The van der Waals surface area contributed by atoms with Gasteiger partial charge in [-0.05, 0) is 30.5 Å². The van der Waals surface area contributed by atoms with Crippen LogP contribution < -0.4 is 9.47 Å². The molecule has 1 aliphatic carbocycles. The molecular weight excluding hydrogens is 366 g/mol. The Hall–Kier alpha value is -1.21. The van der Waals surface area contributed by atoms with E-state index in [9.17, 15) is 0 Å². The molecule has 5 nitrogen and oxygen atoms in total. The molecule has 0 saturated heterocycles. The van der Waals surface area contributed by atoms with Crippen LogP contribution in [0.15, 0.2) is 21.8 Å². The van der Waals surface area contributed by atoms with Crippen molar-refractivity contribution in [2.45, 2.75) is 29.7 Å². The number of benzene rings is 1. The van der Waals surface area contributed by atoms with E-state index < -0.39 is 0 Å². The van der Waals surface area contributed by atoms with Crippen molar-refractivity contribution < 1.29 is 9.47 Å². The Morgan fingerprint density at radius 2 is 1.95 bits per heavy atom. The molecule has 2 aliphatic rings. The summed E-state index contributed by atoms with van der Waals surface area (Å²) in [5, 5.41) is 9.59. The number of hydrogen-bond donors (Lipinski definition) is 0. The summed E-state index contributed by atoms with van der Waals surface area (Å²) < 4.78 is 14.4. The average Bonchev–Trinajstić information content (AvgIpc) is 3.29. The molecule has 0 radical (unpaired) electrons. The van der Waals surface area contributed by atoms with E-state index in [0.717, 1.165) is 32.7 Å². The predicted octanol–water partition coefficient (Wildman–Crippen LogP) is 3.52. The van der Waals surface area contributed by atoms with Crippen LogP contribution in [-0.2, 0) is 12.8 Å². The van der Waals surface area contributed by atoms with Crippen molar-refractivity contribution in [1.29, 1.82) is 0 Å². The zero-order chi connectivity index (χ0) is 15.1. The molecule has 1 aromatic heterocycles. The quantitative estimate of drug-likeness (QED) is 0.758. The molecule has 2 aromatic rings. The number of halogens is 1. The van der Waals surface area contributed by atoms with Crippen LogP contribution in [0.4, 0.5) is 0 Å². The van der Waals surface area contributed by atoms with E-state index in [-0.39, 0.29) is 0 Å². The van der Waals surface area contributed by atoms with Gasteiger partial charge in [-0.3, -0.25) is 0 Å². The molecule has 4 rings (SSSR count). The predicted molar refractivity (Wildman–Crippen MR) is 87.7 cm³/mol. The number of hydrogen-bond acceptors (Lipinski definition) is 5. The van der Waals surface area contributed by atoms with Crippen LogP contribution >= 0.6 is 27.7 Å². The average molecular weight is 382 g/mol. The van der Waals surface area contributed by atoms with Gasteiger partial charge in [0.05, 0.1) is 0 Å². The molecule has 0 amide bonds. The second kappa shape index (κ2) is 5.77. The van der Waals surface area contributed by atoms with Gasteiger partial charge >= 0.3 is 0 Å². The number of aromatic nitrogens is 3. The van der Waals surface area contributed by atoms with E-state index in [1.54, 1.807) is 11.8 Å². The largest absolute Gasteiger partial charge is 0.486 e. The molecule has 1 saturated carbocycles. The maximum absolute atomic E-state index is 5.65. The molecule has 1 fully saturated rings. The first kappa shape index (κ1) is 14.4. The van der Waals surface area contributed by atoms with Crippen molar-refractivity contribution in [3.8, 4) is 11.5 Å². The summed E-state index contributed by atoms with van der Waals surface area (Å²) in [6.07, 6.45) is 2.48. The summed E-state index contributed by atoms with van der Waals surface area (Å²) in [6, 6.07) is 4.03. The summed E-state index contributed by atoms with van der Waals surface area (Å²) in [6.45, 7) is 1.21. The minimum absolute atomic E-state index is 0.606. The Morgan fingerprint density at radius 1 is 1.23 bits per heavy atom. The van der Waals surface area contributed by atoms with Crippen LogP contribution in [0, 0.1) is 0 Å². The van der Waals surface area contributed by atoms with Crippen molar-refractivity contribution >= 4 is 27.7 Å². The van der Waals surface area contributed by atoms with Crippen molar-refractivity contribution in [3.05, 3.63) is 28.0 Å². The molecule has 2 heterocycles. The Bertz CT molecular complexity index is 715. The Morgan fingerprint density at radius 3 is 2.68 bits per heavy atom. The molecule has 22 heavy (non-hydrogen) atoms. The van der Waals surface area contributed by atoms with Gasteiger partial charge in [-0.25, -0.2) is 0 Å². The monoisotopic (exact) mass is 381 g/mol. The summed E-state index contributed by atoms with van der Waals surface area (Å²) >= 11 is 5.31. The van der Waals surface area contributed by atoms with Crippen molar-refractivity contribution in [2.75, 3.05) is 13.2 Å². The third-order valence-corrected chi connectivity index (χ3v) is 5.69. The number of thioether (sulfide) groups is 1. The molecule has 1 aromatic carbocycles. The lowest BCUT2D eigenvalue weighted by molar-refractivity contribution is 0.171. The first-order chi connectivity index (χ1) is 10.7. The second-order valence-corrected chi connectivity index (χ2v) is 7.35. The highest BCUT2D eigenvalue weighted by atomic mass is 79.9. The first-order valence-electron chi connectivity index (χ1n) is 7.32. The van der Waals surface area contributed by atoms with Gasteiger partial charge in [0.25, 0.3) is 0 Å². The van der Waals surface area contributed by atoms with Crippen LogP contribution in [0.5, 0.6) is 11.5 Å². The Kier molecular flexibility index (Phi) is 3.78. The summed E-state index contributed by atoms with van der Waals surface area (Å²) in [7, 11) is 2.05. The SMILES string of the molecule is Cn1c(SCc2cc3c(cc2Br)OCCO3)nnc1C1CC1. The lowest BCUT2D eigenvalue weighted by Gasteiger charge is -2.19. The molecule has 0 bridgehead atoms. The zero-order valence-corrected chi connectivity index (χ0v) is 14.6. The van der Waals surface area contributed by atoms with Gasteiger partial charge in [0.15, 0.2) is 16.7 Å². The third-order valence-electron chi connectivity index (χ3n) is 3.88. The molecule has 1 aliphatic heterocycles. The molecule has 0 N–H and O–H groups in total. The standard InChI is InChI=1S/C15H16BrN3O2S/c1-19-14(9-2-3-9)17-18-15(19)22-8-10-6-12-13(7-11(10)16)21-5-4-20-12/h6-7,9H,2-5,8H2,1H3. The number of ether oxygens (including phenoxy) is 2. The highest BCUT2D eigenvalue weighted by Crippen LogP contribution is 2.40. The minimum atomic E-state index is 0.606. The van der Waals surface area contributed by atoms with Crippen LogP contribution in [0.2, 0.25) is 0 Å². The highest BCUT2D eigenvalue weighted by molar-refractivity contribution is 9.10. The van der Waals surface area contributed by atoms with Gasteiger partial charge in [-0.15, -0.1) is 10.2 Å². The topological polar surface area (TPSA) is 49.2 Å². The van der Waals surface area contributed by atoms with Gasteiger partial charge in [-0.2, -0.15) is 0 Å². The minimum Gasteiger partial charge on any atom is -0.486 e. The smallest absolute Gasteiger partial charge is 0.191 e. The van der Waals surface area contributed by atoms with E-state index in [2.05, 4.69) is 37.7 Å². The number of nitrogens with zero attached hydrogens (tertiary/aromatic N) is 3. The lowest BCUT2D eigenvalue weighted by atomic mass is 10.2. The molecule has 7 heteroatoms. The second-order valence-electron chi connectivity index (χ2n) is 5.55. The van der Waals surface area contributed by atoms with Crippen LogP contribution in [0.25, 0.3) is 0 Å². The van der Waals surface area contributed by atoms with E-state index in [0.29, 0.717) is 19.1 Å². The van der Waals surface area contributed by atoms with Crippen LogP contribution in [-0.4, -0.2) is 28.0 Å². The maximum atomic E-state index is 5.65. The fourth-order valence-electron chi connectivity index (χ4n) is 2.51. The lowest BCUT2D eigenvalue weighted by Crippen LogP contribution is -2.15. The number of rotatable bonds is 4. The number of fused-ring (bicyclic) bond motifs is 1. The van der Waals surface area contributed by atoms with Crippen molar-refractivity contribution in [3.63, 3.8) is 0 Å². The van der Waals surface area contributed by atoms with Crippen LogP contribution in [0.3, 0.4) is 0 Å².